The Morgan fingerprint density at radius 2 is 0.827 bits per heavy atom. The van der Waals surface area contributed by atoms with Crippen LogP contribution in [0.2, 0.25) is 0 Å². The van der Waals surface area contributed by atoms with E-state index in [4.69, 9.17) is 0 Å². The van der Waals surface area contributed by atoms with Crippen LogP contribution >= 0.6 is 0 Å². The van der Waals surface area contributed by atoms with Crippen LogP contribution in [0.15, 0.2) is 109 Å². The van der Waals surface area contributed by atoms with Gasteiger partial charge in [0.25, 0.3) is 0 Å². The van der Waals surface area contributed by atoms with Gasteiger partial charge in [0, 0.05) is 22.7 Å². The minimum atomic E-state index is -0.119. The molecular weight excluding hydrogens is 633 g/mol. The highest BCUT2D eigenvalue weighted by Crippen LogP contribution is 2.40. The van der Waals surface area contributed by atoms with Gasteiger partial charge in [-0.05, 0) is 142 Å². The fraction of sp³-hybridized carbons (Fsp3) is 0.388. The zero-order chi connectivity index (χ0) is 37.7. The normalized spacial score (nSPS) is 12.8. The standard InChI is InChI=1S/C49H62N2O/c1-34(33-47(2,3)4)29-36-12-14-37(15-13-36)30-38-19-23-41(24-20-38)51-43-27-25-42(26-28-43)50-40-21-17-35(18-22-40)11-16-39-31-44(48(5,6)7)46(52)45(32-39)49(8,9)10/h12-15,17-28,31-32,34,50-52H,11,16,29-30,33H2,1-10H3. The highest BCUT2D eigenvalue weighted by atomic mass is 16.3. The molecule has 0 bridgehead atoms. The number of phenolic OH excluding ortho intramolecular Hbond substituents is 1. The Hall–Kier alpha value is -4.50. The first-order chi connectivity index (χ1) is 24.4. The summed E-state index contributed by atoms with van der Waals surface area (Å²) in [5.41, 5.74) is 13.1. The van der Waals surface area contributed by atoms with Crippen molar-refractivity contribution in [3.63, 3.8) is 0 Å². The monoisotopic (exact) mass is 694 g/mol. The third kappa shape index (κ3) is 11.2. The summed E-state index contributed by atoms with van der Waals surface area (Å²) in [4.78, 5) is 0. The number of nitrogens with one attached hydrogen (secondary N) is 2. The van der Waals surface area contributed by atoms with Gasteiger partial charge in [0.05, 0.1) is 0 Å². The third-order valence-corrected chi connectivity index (χ3v) is 9.83. The number of aromatic hydroxyl groups is 1. The van der Waals surface area contributed by atoms with Crippen molar-refractivity contribution in [3.8, 4) is 5.75 Å². The van der Waals surface area contributed by atoms with Gasteiger partial charge in [0.2, 0.25) is 0 Å². The second-order valence-electron chi connectivity index (χ2n) is 18.3. The molecule has 0 aliphatic heterocycles. The van der Waals surface area contributed by atoms with Crippen molar-refractivity contribution < 1.29 is 5.11 Å². The summed E-state index contributed by atoms with van der Waals surface area (Å²) in [6, 6.07) is 39.6. The molecule has 3 nitrogen and oxygen atoms in total. The summed E-state index contributed by atoms with van der Waals surface area (Å²) in [5, 5.41) is 18.2. The molecule has 1 atom stereocenters. The Labute approximate surface area is 314 Å². The first-order valence-electron chi connectivity index (χ1n) is 19.2. The molecule has 0 fully saturated rings. The summed E-state index contributed by atoms with van der Waals surface area (Å²) < 4.78 is 0. The van der Waals surface area contributed by atoms with Crippen LogP contribution in [-0.2, 0) is 36.5 Å². The average Bonchev–Trinajstić information content (AvgIpc) is 3.06. The maximum absolute atomic E-state index is 11.1. The van der Waals surface area contributed by atoms with E-state index in [2.05, 4.69) is 189 Å². The zero-order valence-electron chi connectivity index (χ0n) is 33.5. The lowest BCUT2D eigenvalue weighted by atomic mass is 9.78. The number of hydrogen-bond acceptors (Lipinski definition) is 3. The second kappa shape index (κ2) is 16.0. The predicted molar refractivity (Wildman–Crippen MR) is 225 cm³/mol. The number of rotatable bonds is 12. The van der Waals surface area contributed by atoms with E-state index in [0.29, 0.717) is 17.1 Å². The van der Waals surface area contributed by atoms with Gasteiger partial charge in [-0.25, -0.2) is 0 Å². The lowest BCUT2D eigenvalue weighted by Gasteiger charge is -2.28. The van der Waals surface area contributed by atoms with E-state index in [1.165, 1.54) is 34.2 Å². The van der Waals surface area contributed by atoms with E-state index in [9.17, 15) is 5.11 Å². The van der Waals surface area contributed by atoms with Gasteiger partial charge in [0.1, 0.15) is 5.75 Å². The molecule has 274 valence electrons. The molecule has 0 radical (unpaired) electrons. The van der Waals surface area contributed by atoms with Gasteiger partial charge in [-0.15, -0.1) is 0 Å². The number of phenols is 1. The van der Waals surface area contributed by atoms with E-state index in [1.54, 1.807) is 0 Å². The molecule has 3 heteroatoms. The minimum Gasteiger partial charge on any atom is -0.507 e. The summed E-state index contributed by atoms with van der Waals surface area (Å²) >= 11 is 0. The van der Waals surface area contributed by atoms with Gasteiger partial charge in [-0.3, -0.25) is 0 Å². The van der Waals surface area contributed by atoms with E-state index in [1.807, 2.05) is 0 Å². The van der Waals surface area contributed by atoms with Crippen molar-refractivity contribution in [1.82, 2.24) is 0 Å². The predicted octanol–water partition coefficient (Wildman–Crippen LogP) is 13.5. The number of benzene rings is 5. The van der Waals surface area contributed by atoms with Crippen molar-refractivity contribution in [2.45, 2.75) is 112 Å². The molecule has 0 aliphatic rings. The van der Waals surface area contributed by atoms with Crippen LogP contribution in [0.3, 0.4) is 0 Å². The molecule has 0 saturated heterocycles. The fourth-order valence-electron chi connectivity index (χ4n) is 7.25. The summed E-state index contributed by atoms with van der Waals surface area (Å²) in [6.45, 7) is 22.4. The molecule has 52 heavy (non-hydrogen) atoms. The first kappa shape index (κ1) is 38.7. The Morgan fingerprint density at radius 1 is 0.481 bits per heavy atom. The molecule has 1 unspecified atom stereocenters. The Morgan fingerprint density at radius 3 is 1.23 bits per heavy atom. The Kier molecular flexibility index (Phi) is 11.9. The van der Waals surface area contributed by atoms with E-state index < -0.39 is 0 Å². The number of anilines is 4. The highest BCUT2D eigenvalue weighted by molar-refractivity contribution is 5.66. The van der Waals surface area contributed by atoms with Crippen LogP contribution in [0.5, 0.6) is 5.75 Å². The SMILES string of the molecule is CC(Cc1ccc(Cc2ccc(Nc3ccc(Nc4ccc(CCc5cc(C(C)(C)C)c(O)c(C(C)(C)C)c5)cc4)cc3)cc2)cc1)CC(C)(C)C. The molecule has 5 aromatic rings. The van der Waals surface area contributed by atoms with Gasteiger partial charge in [-0.2, -0.15) is 0 Å². The fourth-order valence-corrected chi connectivity index (χ4v) is 7.25. The minimum absolute atomic E-state index is 0.119. The van der Waals surface area contributed by atoms with Crippen LogP contribution in [0.1, 0.15) is 115 Å². The van der Waals surface area contributed by atoms with Crippen LogP contribution in [0.25, 0.3) is 0 Å². The van der Waals surface area contributed by atoms with Gasteiger partial charge < -0.3 is 15.7 Å². The van der Waals surface area contributed by atoms with Crippen molar-refractivity contribution in [2.24, 2.45) is 11.3 Å². The maximum Gasteiger partial charge on any atom is 0.123 e. The van der Waals surface area contributed by atoms with E-state index in [-0.39, 0.29) is 10.8 Å². The molecule has 5 aromatic carbocycles. The lowest BCUT2D eigenvalue weighted by molar-refractivity contribution is 0.306. The van der Waals surface area contributed by atoms with Gasteiger partial charge in [-0.1, -0.05) is 130 Å². The van der Waals surface area contributed by atoms with Crippen molar-refractivity contribution in [2.75, 3.05) is 10.6 Å². The molecule has 0 saturated carbocycles. The maximum atomic E-state index is 11.1. The highest BCUT2D eigenvalue weighted by Gasteiger charge is 2.26. The van der Waals surface area contributed by atoms with Crippen LogP contribution in [-0.4, -0.2) is 5.11 Å². The second-order valence-corrected chi connectivity index (χ2v) is 18.3. The lowest BCUT2D eigenvalue weighted by Crippen LogP contribution is -2.18. The zero-order valence-corrected chi connectivity index (χ0v) is 33.5. The number of aryl methyl sites for hydroxylation is 2. The van der Waals surface area contributed by atoms with Crippen LogP contribution in [0, 0.1) is 11.3 Å². The Balaban J connectivity index is 1.11. The van der Waals surface area contributed by atoms with Gasteiger partial charge >= 0.3 is 0 Å². The smallest absolute Gasteiger partial charge is 0.123 e. The van der Waals surface area contributed by atoms with Crippen molar-refractivity contribution >= 4 is 22.7 Å². The molecule has 3 N–H and O–H groups in total. The molecular formula is C49H62N2O. The van der Waals surface area contributed by atoms with Crippen molar-refractivity contribution in [3.05, 3.63) is 148 Å². The molecule has 0 heterocycles. The van der Waals surface area contributed by atoms with Crippen LogP contribution < -0.4 is 10.6 Å². The molecule has 0 spiro atoms. The Bertz CT molecular complexity index is 1850. The molecule has 0 aliphatic carbocycles. The number of hydrogen-bond donors (Lipinski definition) is 3. The summed E-state index contributed by atoms with van der Waals surface area (Å²) in [5.74, 6) is 1.14. The topological polar surface area (TPSA) is 44.3 Å². The molecule has 0 aromatic heterocycles. The average molecular weight is 695 g/mol. The molecule has 5 rings (SSSR count). The van der Waals surface area contributed by atoms with Crippen molar-refractivity contribution in [1.29, 1.82) is 0 Å². The third-order valence-electron chi connectivity index (χ3n) is 9.83. The quantitative estimate of drug-likeness (QED) is 0.122. The van der Waals surface area contributed by atoms with Crippen LogP contribution in [0.4, 0.5) is 22.7 Å². The summed E-state index contributed by atoms with van der Waals surface area (Å²) in [6.07, 6.45) is 5.21. The van der Waals surface area contributed by atoms with E-state index in [0.717, 1.165) is 59.6 Å². The first-order valence-corrected chi connectivity index (χ1v) is 19.2. The van der Waals surface area contributed by atoms with Gasteiger partial charge in [0.15, 0.2) is 0 Å². The van der Waals surface area contributed by atoms with E-state index >= 15 is 0 Å². The summed E-state index contributed by atoms with van der Waals surface area (Å²) in [7, 11) is 0. The molecule has 0 amide bonds. The largest absolute Gasteiger partial charge is 0.507 e.